The zero-order chi connectivity index (χ0) is 14.8. The first-order valence-corrected chi connectivity index (χ1v) is 7.41. The smallest absolute Gasteiger partial charge is 0.194 e. The summed E-state index contributed by atoms with van der Waals surface area (Å²) in [6.45, 7) is 4.48. The van der Waals surface area contributed by atoms with Gasteiger partial charge >= 0.3 is 0 Å². The lowest BCUT2D eigenvalue weighted by atomic mass is 10.2. The van der Waals surface area contributed by atoms with E-state index in [0.29, 0.717) is 6.54 Å². The molecule has 0 bridgehead atoms. The third kappa shape index (κ3) is 3.02. The molecule has 0 unspecified atom stereocenters. The van der Waals surface area contributed by atoms with Gasteiger partial charge in [-0.05, 0) is 28.9 Å². The van der Waals surface area contributed by atoms with Gasteiger partial charge in [-0.1, -0.05) is 12.1 Å². The van der Waals surface area contributed by atoms with Gasteiger partial charge < -0.3 is 4.42 Å². The van der Waals surface area contributed by atoms with Crippen molar-refractivity contribution >= 4 is 15.9 Å². The van der Waals surface area contributed by atoms with Crippen LogP contribution in [0, 0.1) is 6.92 Å². The molecule has 3 aromatic heterocycles. The van der Waals surface area contributed by atoms with Crippen LogP contribution in [0.1, 0.15) is 24.3 Å². The largest absolute Gasteiger partial charge is 0.443 e. The van der Waals surface area contributed by atoms with E-state index in [2.05, 4.69) is 36.2 Å². The number of halogens is 1. The number of hydrogen-bond acceptors (Lipinski definition) is 5. The molecule has 108 valence electrons. The van der Waals surface area contributed by atoms with Crippen molar-refractivity contribution in [3.05, 3.63) is 46.5 Å². The van der Waals surface area contributed by atoms with Gasteiger partial charge in [-0.15, -0.1) is 5.10 Å². The topological polar surface area (TPSA) is 69.6 Å². The first-order valence-electron chi connectivity index (χ1n) is 6.62. The second kappa shape index (κ2) is 5.77. The average molecular weight is 348 g/mol. The van der Waals surface area contributed by atoms with Gasteiger partial charge in [0.15, 0.2) is 5.89 Å². The van der Waals surface area contributed by atoms with Gasteiger partial charge in [-0.25, -0.2) is 9.67 Å². The van der Waals surface area contributed by atoms with Crippen molar-refractivity contribution in [1.29, 1.82) is 0 Å². The summed E-state index contributed by atoms with van der Waals surface area (Å²) < 4.78 is 8.33. The van der Waals surface area contributed by atoms with E-state index in [1.54, 1.807) is 17.1 Å². The summed E-state index contributed by atoms with van der Waals surface area (Å²) in [5, 5.41) is 8.30. The summed E-state index contributed by atoms with van der Waals surface area (Å²) in [4.78, 5) is 8.49. The molecule has 6 nitrogen and oxygen atoms in total. The maximum Gasteiger partial charge on any atom is 0.194 e. The fourth-order valence-corrected chi connectivity index (χ4v) is 2.36. The van der Waals surface area contributed by atoms with Gasteiger partial charge in [0.25, 0.3) is 0 Å². The van der Waals surface area contributed by atoms with Crippen LogP contribution in [0.3, 0.4) is 0 Å². The van der Waals surface area contributed by atoms with Gasteiger partial charge in [-0.2, -0.15) is 0 Å². The molecular formula is C14H14BrN5O. The van der Waals surface area contributed by atoms with Crippen LogP contribution in [0.2, 0.25) is 0 Å². The molecular weight excluding hydrogens is 334 g/mol. The van der Waals surface area contributed by atoms with E-state index in [4.69, 9.17) is 4.42 Å². The average Bonchev–Trinajstić information content (AvgIpc) is 3.07. The second-order valence-electron chi connectivity index (χ2n) is 4.66. The lowest BCUT2D eigenvalue weighted by Gasteiger charge is -1.97. The van der Waals surface area contributed by atoms with Crippen LogP contribution in [-0.2, 0) is 13.0 Å². The summed E-state index contributed by atoms with van der Waals surface area (Å²) in [5.74, 6) is 1.56. The van der Waals surface area contributed by atoms with Crippen molar-refractivity contribution in [1.82, 2.24) is 25.0 Å². The molecule has 0 saturated carbocycles. The molecule has 21 heavy (non-hydrogen) atoms. The van der Waals surface area contributed by atoms with Crippen LogP contribution in [0.25, 0.3) is 11.3 Å². The van der Waals surface area contributed by atoms with Crippen molar-refractivity contribution < 1.29 is 4.42 Å². The molecule has 7 heteroatoms. The lowest BCUT2D eigenvalue weighted by Crippen LogP contribution is -2.00. The van der Waals surface area contributed by atoms with Crippen molar-refractivity contribution in [2.24, 2.45) is 0 Å². The van der Waals surface area contributed by atoms with Gasteiger partial charge in [0.2, 0.25) is 0 Å². The summed E-state index contributed by atoms with van der Waals surface area (Å²) >= 11 is 3.40. The molecule has 3 rings (SSSR count). The number of rotatable bonds is 4. The van der Waals surface area contributed by atoms with E-state index in [0.717, 1.165) is 39.5 Å². The Morgan fingerprint density at radius 1 is 1.33 bits per heavy atom. The molecule has 3 aromatic rings. The normalized spacial score (nSPS) is 11.0. The Labute approximate surface area is 130 Å². The molecule has 0 aliphatic carbocycles. The Balaban J connectivity index is 1.83. The SMILES string of the molecule is CCc1nc(C)c(Cn2cc(-c3cncc(Br)c3)nn2)o1. The highest BCUT2D eigenvalue weighted by atomic mass is 79.9. The standard InChI is InChI=1S/C14H14BrN5O/c1-3-14-17-9(2)13(21-14)8-20-7-12(18-19-20)10-4-11(15)6-16-5-10/h4-7H,3,8H2,1-2H3. The Bertz CT molecular complexity index is 764. The van der Waals surface area contributed by atoms with Gasteiger partial charge in [0.05, 0.1) is 11.9 Å². The predicted octanol–water partition coefficient (Wildman–Crippen LogP) is 3.01. The molecule has 0 fully saturated rings. The molecule has 0 amide bonds. The Kier molecular flexibility index (Phi) is 3.83. The highest BCUT2D eigenvalue weighted by Crippen LogP contribution is 2.20. The van der Waals surface area contributed by atoms with E-state index in [1.165, 1.54) is 0 Å². The third-order valence-corrected chi connectivity index (χ3v) is 3.52. The van der Waals surface area contributed by atoms with E-state index in [-0.39, 0.29) is 0 Å². The Morgan fingerprint density at radius 2 is 2.19 bits per heavy atom. The van der Waals surface area contributed by atoms with Crippen LogP contribution < -0.4 is 0 Å². The fraction of sp³-hybridized carbons (Fsp3) is 0.286. The predicted molar refractivity (Wildman–Crippen MR) is 80.7 cm³/mol. The zero-order valence-electron chi connectivity index (χ0n) is 11.7. The van der Waals surface area contributed by atoms with Gasteiger partial charge in [0.1, 0.15) is 18.0 Å². The molecule has 0 saturated heterocycles. The van der Waals surface area contributed by atoms with Crippen molar-refractivity contribution in [3.63, 3.8) is 0 Å². The van der Waals surface area contributed by atoms with Gasteiger partial charge in [-0.3, -0.25) is 4.98 Å². The van der Waals surface area contributed by atoms with E-state index in [1.807, 2.05) is 26.1 Å². The number of aryl methyl sites for hydroxylation is 2. The molecule has 0 aliphatic heterocycles. The zero-order valence-corrected chi connectivity index (χ0v) is 13.3. The summed E-state index contributed by atoms with van der Waals surface area (Å²) in [7, 11) is 0. The molecule has 0 aliphatic rings. The highest BCUT2D eigenvalue weighted by molar-refractivity contribution is 9.10. The second-order valence-corrected chi connectivity index (χ2v) is 5.58. The van der Waals surface area contributed by atoms with Crippen molar-refractivity contribution in [3.8, 4) is 11.3 Å². The van der Waals surface area contributed by atoms with E-state index < -0.39 is 0 Å². The number of hydrogen-bond donors (Lipinski definition) is 0. The summed E-state index contributed by atoms with van der Waals surface area (Å²) in [6, 6.07) is 1.95. The molecule has 0 N–H and O–H groups in total. The van der Waals surface area contributed by atoms with Gasteiger partial charge in [0, 0.05) is 28.9 Å². The fourth-order valence-electron chi connectivity index (χ4n) is 1.99. The van der Waals surface area contributed by atoms with Crippen LogP contribution in [0.4, 0.5) is 0 Å². The molecule has 3 heterocycles. The molecule has 0 spiro atoms. The molecule has 0 aromatic carbocycles. The third-order valence-electron chi connectivity index (χ3n) is 3.08. The monoisotopic (exact) mass is 347 g/mol. The Hall–Kier alpha value is -2.02. The maximum atomic E-state index is 5.68. The minimum Gasteiger partial charge on any atom is -0.443 e. The van der Waals surface area contributed by atoms with Crippen LogP contribution in [0.15, 0.2) is 33.5 Å². The van der Waals surface area contributed by atoms with E-state index >= 15 is 0 Å². The molecule has 0 radical (unpaired) electrons. The van der Waals surface area contributed by atoms with Crippen molar-refractivity contribution in [2.75, 3.05) is 0 Å². The maximum absolute atomic E-state index is 5.68. The Morgan fingerprint density at radius 3 is 2.90 bits per heavy atom. The van der Waals surface area contributed by atoms with Crippen molar-refractivity contribution in [2.45, 2.75) is 26.8 Å². The molecule has 0 atom stereocenters. The quantitative estimate of drug-likeness (QED) is 0.725. The van der Waals surface area contributed by atoms with Crippen LogP contribution >= 0.6 is 15.9 Å². The number of nitrogens with zero attached hydrogens (tertiary/aromatic N) is 5. The first-order chi connectivity index (χ1) is 10.2. The van der Waals surface area contributed by atoms with Crippen LogP contribution in [0.5, 0.6) is 0 Å². The number of aromatic nitrogens is 5. The summed E-state index contributed by atoms with van der Waals surface area (Å²) in [6.07, 6.45) is 6.15. The number of pyridine rings is 1. The minimum atomic E-state index is 0.521. The highest BCUT2D eigenvalue weighted by Gasteiger charge is 2.11. The number of oxazole rings is 1. The summed E-state index contributed by atoms with van der Waals surface area (Å²) in [5.41, 5.74) is 2.59. The van der Waals surface area contributed by atoms with Crippen LogP contribution in [-0.4, -0.2) is 25.0 Å². The first kappa shape index (κ1) is 13.9. The lowest BCUT2D eigenvalue weighted by molar-refractivity contribution is 0.436. The van der Waals surface area contributed by atoms with E-state index in [9.17, 15) is 0 Å². The minimum absolute atomic E-state index is 0.521.